The van der Waals surface area contributed by atoms with Crippen molar-refractivity contribution in [3.8, 4) is 0 Å². The van der Waals surface area contributed by atoms with E-state index < -0.39 is 0 Å². The zero-order valence-corrected chi connectivity index (χ0v) is 18.7. The van der Waals surface area contributed by atoms with Crippen LogP contribution in [0.25, 0.3) is 5.57 Å². The van der Waals surface area contributed by atoms with Crippen LogP contribution in [0.2, 0.25) is 5.02 Å². The van der Waals surface area contributed by atoms with Gasteiger partial charge in [-0.2, -0.15) is 0 Å². The maximum absolute atomic E-state index is 13.2. The summed E-state index contributed by atoms with van der Waals surface area (Å²) in [6.07, 6.45) is 0. The fourth-order valence-electron chi connectivity index (χ4n) is 4.04. The van der Waals surface area contributed by atoms with Crippen LogP contribution in [0.1, 0.15) is 53.6 Å². The van der Waals surface area contributed by atoms with Crippen molar-refractivity contribution >= 4 is 23.1 Å². The Morgan fingerprint density at radius 1 is 0.935 bits per heavy atom. The van der Waals surface area contributed by atoms with Crippen molar-refractivity contribution in [2.75, 3.05) is 0 Å². The summed E-state index contributed by atoms with van der Waals surface area (Å²) >= 11 is 6.03. The number of hydrogen-bond acceptors (Lipinski definition) is 2. The summed E-state index contributed by atoms with van der Waals surface area (Å²) in [7, 11) is 0. The molecule has 4 rings (SSSR count). The highest BCUT2D eigenvalue weighted by molar-refractivity contribution is 6.30. The van der Waals surface area contributed by atoms with Gasteiger partial charge < -0.3 is 10.0 Å². The molecule has 4 heteroatoms. The van der Waals surface area contributed by atoms with Gasteiger partial charge in [-0.3, -0.25) is 4.79 Å². The molecule has 0 bridgehead atoms. The highest BCUT2D eigenvalue weighted by Crippen LogP contribution is 2.44. The summed E-state index contributed by atoms with van der Waals surface area (Å²) in [6.45, 7) is 6.72. The zero-order valence-electron chi connectivity index (χ0n) is 18.0. The van der Waals surface area contributed by atoms with E-state index in [4.69, 9.17) is 11.6 Å². The van der Waals surface area contributed by atoms with Gasteiger partial charge in [-0.25, -0.2) is 0 Å². The Morgan fingerprint density at radius 3 is 2.13 bits per heavy atom. The largest absolute Gasteiger partial charge is 0.503 e. The number of aliphatic hydroxyl groups is 1. The predicted octanol–water partition coefficient (Wildman–Crippen LogP) is 6.82. The van der Waals surface area contributed by atoms with E-state index in [0.717, 1.165) is 22.3 Å². The van der Waals surface area contributed by atoms with Crippen molar-refractivity contribution in [1.82, 2.24) is 4.90 Å². The summed E-state index contributed by atoms with van der Waals surface area (Å²) in [6, 6.07) is 23.4. The Morgan fingerprint density at radius 2 is 1.55 bits per heavy atom. The number of aliphatic hydroxyl groups excluding tert-OH is 1. The molecular formula is C27H26ClNO2. The van der Waals surface area contributed by atoms with Gasteiger partial charge in [0.1, 0.15) is 0 Å². The Bertz CT molecular complexity index is 1110. The number of carbonyl (C=O) groups is 1. The molecule has 1 heterocycles. The molecule has 0 radical (unpaired) electrons. The van der Waals surface area contributed by atoms with Crippen molar-refractivity contribution in [3.05, 3.63) is 111 Å². The molecule has 3 aromatic rings. The second-order valence-corrected chi connectivity index (χ2v) is 8.85. The Kier molecular flexibility index (Phi) is 5.88. The number of amides is 1. The van der Waals surface area contributed by atoms with Gasteiger partial charge in [0, 0.05) is 17.1 Å². The van der Waals surface area contributed by atoms with E-state index in [-0.39, 0.29) is 17.7 Å². The zero-order chi connectivity index (χ0) is 22.1. The molecule has 1 aliphatic rings. The number of nitrogens with zero attached hydrogens (tertiary/aromatic N) is 1. The van der Waals surface area contributed by atoms with Gasteiger partial charge >= 0.3 is 0 Å². The SMILES string of the molecule is Cc1ccc(C2=C(O)C(=O)N(Cc3ccc(Cl)cc3)[C@H]2c2ccc(C(C)C)cc2)cc1. The molecule has 0 aliphatic carbocycles. The lowest BCUT2D eigenvalue weighted by Gasteiger charge is -2.28. The van der Waals surface area contributed by atoms with Crippen molar-refractivity contribution in [2.24, 2.45) is 0 Å². The molecule has 0 spiro atoms. The summed E-state index contributed by atoms with van der Waals surface area (Å²) in [4.78, 5) is 14.9. The van der Waals surface area contributed by atoms with E-state index >= 15 is 0 Å². The lowest BCUT2D eigenvalue weighted by atomic mass is 9.91. The van der Waals surface area contributed by atoms with Gasteiger partial charge in [0.25, 0.3) is 5.91 Å². The van der Waals surface area contributed by atoms with Crippen molar-refractivity contribution in [1.29, 1.82) is 0 Å². The van der Waals surface area contributed by atoms with Crippen LogP contribution in [0.5, 0.6) is 0 Å². The van der Waals surface area contributed by atoms with Crippen LogP contribution in [0.15, 0.2) is 78.6 Å². The predicted molar refractivity (Wildman–Crippen MR) is 126 cm³/mol. The molecule has 31 heavy (non-hydrogen) atoms. The maximum Gasteiger partial charge on any atom is 0.290 e. The molecule has 1 N–H and O–H groups in total. The summed E-state index contributed by atoms with van der Waals surface area (Å²) in [5, 5.41) is 11.6. The first-order valence-corrected chi connectivity index (χ1v) is 10.9. The van der Waals surface area contributed by atoms with E-state index in [1.807, 2.05) is 55.5 Å². The van der Waals surface area contributed by atoms with Crippen LogP contribution in [0.3, 0.4) is 0 Å². The highest BCUT2D eigenvalue weighted by atomic mass is 35.5. The van der Waals surface area contributed by atoms with Crippen molar-refractivity contribution < 1.29 is 9.90 Å². The topological polar surface area (TPSA) is 40.5 Å². The van der Waals surface area contributed by atoms with Gasteiger partial charge in [0.05, 0.1) is 6.04 Å². The van der Waals surface area contributed by atoms with Crippen LogP contribution in [0, 0.1) is 6.92 Å². The standard InChI is InChI=1S/C27H26ClNO2/c1-17(2)20-10-12-22(13-11-20)25-24(21-8-4-18(3)5-9-21)26(30)27(31)29(25)16-19-6-14-23(28)15-7-19/h4-15,17,25,30H,16H2,1-3H3/t25-/m0/s1. The summed E-state index contributed by atoms with van der Waals surface area (Å²) < 4.78 is 0. The molecule has 1 atom stereocenters. The average molecular weight is 432 g/mol. The molecule has 0 saturated carbocycles. The number of hydrogen-bond donors (Lipinski definition) is 1. The summed E-state index contributed by atoms with van der Waals surface area (Å²) in [5.41, 5.74) is 5.81. The average Bonchev–Trinajstić information content (AvgIpc) is 3.01. The second-order valence-electron chi connectivity index (χ2n) is 8.41. The molecule has 1 amide bonds. The molecule has 0 saturated heterocycles. The van der Waals surface area contributed by atoms with Gasteiger partial charge in [-0.1, -0.05) is 91.7 Å². The maximum atomic E-state index is 13.2. The number of halogens is 1. The molecule has 0 fully saturated rings. The first kappa shape index (κ1) is 21.2. The minimum absolute atomic E-state index is 0.184. The molecule has 158 valence electrons. The van der Waals surface area contributed by atoms with Crippen molar-refractivity contribution in [3.63, 3.8) is 0 Å². The van der Waals surface area contributed by atoms with Crippen LogP contribution < -0.4 is 0 Å². The fourth-order valence-corrected chi connectivity index (χ4v) is 4.17. The molecule has 0 aromatic heterocycles. The normalized spacial score (nSPS) is 16.5. The third kappa shape index (κ3) is 4.24. The second kappa shape index (κ2) is 8.60. The van der Waals surface area contributed by atoms with E-state index in [0.29, 0.717) is 23.1 Å². The van der Waals surface area contributed by atoms with Gasteiger partial charge in [0.2, 0.25) is 0 Å². The molecule has 1 aliphatic heterocycles. The molecular weight excluding hydrogens is 406 g/mol. The Balaban J connectivity index is 1.79. The highest BCUT2D eigenvalue weighted by Gasteiger charge is 2.40. The van der Waals surface area contributed by atoms with Gasteiger partial charge in [0.15, 0.2) is 5.76 Å². The number of benzene rings is 3. The van der Waals surface area contributed by atoms with Gasteiger partial charge in [-0.15, -0.1) is 0 Å². The van der Waals surface area contributed by atoms with E-state index in [9.17, 15) is 9.90 Å². The lowest BCUT2D eigenvalue weighted by molar-refractivity contribution is -0.130. The molecule has 0 unspecified atom stereocenters. The number of carbonyl (C=O) groups excluding carboxylic acids is 1. The van der Waals surface area contributed by atoms with E-state index in [2.05, 4.69) is 38.1 Å². The number of aryl methyl sites for hydroxylation is 1. The number of rotatable bonds is 5. The van der Waals surface area contributed by atoms with Crippen LogP contribution in [-0.2, 0) is 11.3 Å². The minimum atomic E-state index is -0.368. The summed E-state index contributed by atoms with van der Waals surface area (Å²) in [5.74, 6) is -0.121. The Hall–Kier alpha value is -3.04. The van der Waals surface area contributed by atoms with Crippen LogP contribution >= 0.6 is 11.6 Å². The Labute approximate surface area is 188 Å². The van der Waals surface area contributed by atoms with E-state index in [1.54, 1.807) is 4.90 Å². The third-order valence-corrected chi connectivity index (χ3v) is 6.10. The fraction of sp³-hybridized carbons (Fsp3) is 0.222. The smallest absolute Gasteiger partial charge is 0.290 e. The first-order chi connectivity index (χ1) is 14.8. The molecule has 3 aromatic carbocycles. The van der Waals surface area contributed by atoms with Crippen molar-refractivity contribution in [2.45, 2.75) is 39.3 Å². The lowest BCUT2D eigenvalue weighted by Crippen LogP contribution is -2.29. The van der Waals surface area contributed by atoms with Crippen LogP contribution in [-0.4, -0.2) is 15.9 Å². The first-order valence-electron chi connectivity index (χ1n) is 10.5. The third-order valence-electron chi connectivity index (χ3n) is 5.85. The quantitative estimate of drug-likeness (QED) is 0.481. The van der Waals surface area contributed by atoms with Gasteiger partial charge in [-0.05, 0) is 47.2 Å². The van der Waals surface area contributed by atoms with E-state index in [1.165, 1.54) is 5.56 Å². The minimum Gasteiger partial charge on any atom is -0.503 e. The van der Waals surface area contributed by atoms with Crippen LogP contribution in [0.4, 0.5) is 0 Å². The monoisotopic (exact) mass is 431 g/mol. The molecule has 3 nitrogen and oxygen atoms in total.